The Labute approximate surface area is 112 Å². The molecule has 0 aromatic heterocycles. The van der Waals surface area contributed by atoms with E-state index in [9.17, 15) is 14.9 Å². The molecule has 6 heteroatoms. The minimum Gasteiger partial charge on any atom is -0.370 e. The molecular formula is C13H19N3O3. The van der Waals surface area contributed by atoms with E-state index in [-0.39, 0.29) is 24.1 Å². The van der Waals surface area contributed by atoms with Crippen LogP contribution < -0.4 is 11.1 Å². The number of non-ortho nitro benzene ring substituents is 1. The predicted molar refractivity (Wildman–Crippen MR) is 72.6 cm³/mol. The third-order valence-corrected chi connectivity index (χ3v) is 2.82. The second kappa shape index (κ2) is 7.48. The molecule has 1 amide bonds. The summed E-state index contributed by atoms with van der Waals surface area (Å²) in [6.45, 7) is 2.52. The first kappa shape index (κ1) is 15.1. The fourth-order valence-corrected chi connectivity index (χ4v) is 1.90. The monoisotopic (exact) mass is 265 g/mol. The third kappa shape index (κ3) is 5.05. The maximum Gasteiger partial charge on any atom is 0.269 e. The van der Waals surface area contributed by atoms with E-state index in [1.165, 1.54) is 6.07 Å². The van der Waals surface area contributed by atoms with Gasteiger partial charge in [-0.2, -0.15) is 0 Å². The number of hydrogen-bond acceptors (Lipinski definition) is 4. The van der Waals surface area contributed by atoms with Crippen molar-refractivity contribution in [3.8, 4) is 0 Å². The van der Waals surface area contributed by atoms with Crippen molar-refractivity contribution in [2.24, 2.45) is 5.73 Å². The number of nitro benzene ring substituents is 1. The molecule has 0 spiro atoms. The summed E-state index contributed by atoms with van der Waals surface area (Å²) >= 11 is 0. The van der Waals surface area contributed by atoms with Crippen molar-refractivity contribution >= 4 is 11.6 Å². The van der Waals surface area contributed by atoms with Crippen LogP contribution in [0.5, 0.6) is 0 Å². The predicted octanol–water partition coefficient (Wildman–Crippen LogP) is 1.90. The number of nitrogens with zero attached hydrogens (tertiary/aromatic N) is 1. The van der Waals surface area contributed by atoms with E-state index in [4.69, 9.17) is 5.73 Å². The van der Waals surface area contributed by atoms with Crippen LogP contribution in [-0.4, -0.2) is 17.4 Å². The average Bonchev–Trinajstić information content (AvgIpc) is 2.37. The minimum absolute atomic E-state index is 0.00394. The molecule has 0 saturated carbocycles. The summed E-state index contributed by atoms with van der Waals surface area (Å²) in [4.78, 5) is 21.1. The summed E-state index contributed by atoms with van der Waals surface area (Å²) in [5, 5.41) is 14.0. The fourth-order valence-electron chi connectivity index (χ4n) is 1.90. The lowest BCUT2D eigenvalue weighted by atomic mass is 10.0. The topological polar surface area (TPSA) is 98.3 Å². The van der Waals surface area contributed by atoms with Gasteiger partial charge in [-0.25, -0.2) is 0 Å². The first-order valence-corrected chi connectivity index (χ1v) is 6.30. The van der Waals surface area contributed by atoms with Crippen LogP contribution in [0.25, 0.3) is 0 Å². The standard InChI is InChI=1S/C13H19N3O3/c1-2-4-12(15-8-7-13(14)17)10-5-3-6-11(9-10)16(18)19/h3,5-6,9,12,15H,2,4,7-8H2,1H3,(H2,14,17). The molecule has 104 valence electrons. The Kier molecular flexibility index (Phi) is 5.95. The van der Waals surface area contributed by atoms with Crippen molar-refractivity contribution in [2.45, 2.75) is 32.2 Å². The van der Waals surface area contributed by atoms with Crippen LogP contribution in [0.1, 0.15) is 37.8 Å². The highest BCUT2D eigenvalue weighted by atomic mass is 16.6. The first-order chi connectivity index (χ1) is 9.04. The lowest BCUT2D eigenvalue weighted by Crippen LogP contribution is -2.26. The van der Waals surface area contributed by atoms with Crippen LogP contribution in [0.4, 0.5) is 5.69 Å². The molecule has 1 aromatic carbocycles. The van der Waals surface area contributed by atoms with Crippen molar-refractivity contribution in [1.82, 2.24) is 5.32 Å². The van der Waals surface area contributed by atoms with E-state index in [2.05, 4.69) is 5.32 Å². The summed E-state index contributed by atoms with van der Waals surface area (Å²) in [7, 11) is 0. The van der Waals surface area contributed by atoms with Crippen LogP contribution in [0.15, 0.2) is 24.3 Å². The molecule has 0 aliphatic carbocycles. The molecule has 6 nitrogen and oxygen atoms in total. The number of benzene rings is 1. The van der Waals surface area contributed by atoms with Crippen LogP contribution >= 0.6 is 0 Å². The molecule has 0 aliphatic rings. The number of amides is 1. The Balaban J connectivity index is 2.76. The number of nitrogens with one attached hydrogen (secondary N) is 1. The number of carbonyl (C=O) groups excluding carboxylic acids is 1. The van der Waals surface area contributed by atoms with Crippen LogP contribution in [-0.2, 0) is 4.79 Å². The molecule has 1 rings (SSSR count). The van der Waals surface area contributed by atoms with E-state index in [0.717, 1.165) is 18.4 Å². The lowest BCUT2D eigenvalue weighted by Gasteiger charge is -2.18. The molecule has 0 bridgehead atoms. The molecule has 0 fully saturated rings. The summed E-state index contributed by atoms with van der Waals surface area (Å²) in [5.74, 6) is -0.359. The van der Waals surface area contributed by atoms with Gasteiger partial charge in [-0.05, 0) is 12.0 Å². The minimum atomic E-state index is -0.407. The first-order valence-electron chi connectivity index (χ1n) is 6.30. The molecule has 0 aliphatic heterocycles. The van der Waals surface area contributed by atoms with E-state index < -0.39 is 4.92 Å². The highest BCUT2D eigenvalue weighted by Crippen LogP contribution is 2.22. The van der Waals surface area contributed by atoms with E-state index in [1.807, 2.05) is 13.0 Å². The number of carbonyl (C=O) groups is 1. The van der Waals surface area contributed by atoms with E-state index >= 15 is 0 Å². The summed E-state index contributed by atoms with van der Waals surface area (Å²) < 4.78 is 0. The molecule has 1 atom stereocenters. The van der Waals surface area contributed by atoms with Gasteiger partial charge in [0.1, 0.15) is 0 Å². The molecule has 3 N–H and O–H groups in total. The zero-order chi connectivity index (χ0) is 14.3. The zero-order valence-electron chi connectivity index (χ0n) is 11.0. The van der Waals surface area contributed by atoms with Gasteiger partial charge >= 0.3 is 0 Å². The Morgan fingerprint density at radius 2 is 2.26 bits per heavy atom. The summed E-state index contributed by atoms with van der Waals surface area (Å²) in [5.41, 5.74) is 6.03. The summed E-state index contributed by atoms with van der Waals surface area (Å²) in [6, 6.07) is 6.56. The quantitative estimate of drug-likeness (QED) is 0.554. The van der Waals surface area contributed by atoms with Crippen molar-refractivity contribution in [1.29, 1.82) is 0 Å². The number of nitrogens with two attached hydrogens (primary N) is 1. The van der Waals surface area contributed by atoms with Gasteiger partial charge < -0.3 is 11.1 Å². The second-order valence-corrected chi connectivity index (χ2v) is 4.36. The number of hydrogen-bond donors (Lipinski definition) is 2. The Hall–Kier alpha value is -1.95. The van der Waals surface area contributed by atoms with Gasteiger partial charge in [0.2, 0.25) is 5.91 Å². The maximum absolute atomic E-state index is 10.8. The molecule has 0 radical (unpaired) electrons. The average molecular weight is 265 g/mol. The van der Waals surface area contributed by atoms with Gasteiger partial charge in [0, 0.05) is 31.1 Å². The van der Waals surface area contributed by atoms with Gasteiger partial charge in [-0.1, -0.05) is 25.5 Å². The highest BCUT2D eigenvalue weighted by molar-refractivity contribution is 5.73. The lowest BCUT2D eigenvalue weighted by molar-refractivity contribution is -0.384. The summed E-state index contributed by atoms with van der Waals surface area (Å²) in [6.07, 6.45) is 2.05. The third-order valence-electron chi connectivity index (χ3n) is 2.82. The fraction of sp³-hybridized carbons (Fsp3) is 0.462. The molecular weight excluding hydrogens is 246 g/mol. The maximum atomic E-state index is 10.8. The highest BCUT2D eigenvalue weighted by Gasteiger charge is 2.13. The van der Waals surface area contributed by atoms with Crippen molar-refractivity contribution < 1.29 is 9.72 Å². The molecule has 1 unspecified atom stereocenters. The Morgan fingerprint density at radius 1 is 1.53 bits per heavy atom. The van der Waals surface area contributed by atoms with Gasteiger partial charge in [0.05, 0.1) is 4.92 Å². The van der Waals surface area contributed by atoms with E-state index in [0.29, 0.717) is 6.54 Å². The van der Waals surface area contributed by atoms with Gasteiger partial charge in [0.15, 0.2) is 0 Å². The number of primary amides is 1. The molecule has 19 heavy (non-hydrogen) atoms. The zero-order valence-corrected chi connectivity index (χ0v) is 11.0. The Bertz CT molecular complexity index is 449. The molecule has 0 heterocycles. The van der Waals surface area contributed by atoms with Crippen LogP contribution in [0.3, 0.4) is 0 Å². The number of rotatable bonds is 8. The van der Waals surface area contributed by atoms with Gasteiger partial charge in [-0.3, -0.25) is 14.9 Å². The Morgan fingerprint density at radius 3 is 2.84 bits per heavy atom. The van der Waals surface area contributed by atoms with Crippen LogP contribution in [0, 0.1) is 10.1 Å². The van der Waals surface area contributed by atoms with Gasteiger partial charge in [0.25, 0.3) is 5.69 Å². The SMILES string of the molecule is CCCC(NCCC(N)=O)c1cccc([N+](=O)[O-])c1. The largest absolute Gasteiger partial charge is 0.370 e. The normalized spacial score (nSPS) is 12.1. The van der Waals surface area contributed by atoms with Crippen molar-refractivity contribution in [3.05, 3.63) is 39.9 Å². The number of nitro groups is 1. The van der Waals surface area contributed by atoms with Gasteiger partial charge in [-0.15, -0.1) is 0 Å². The molecule has 0 saturated heterocycles. The molecule has 1 aromatic rings. The second-order valence-electron chi connectivity index (χ2n) is 4.36. The van der Waals surface area contributed by atoms with E-state index in [1.54, 1.807) is 12.1 Å². The van der Waals surface area contributed by atoms with Crippen molar-refractivity contribution in [2.75, 3.05) is 6.54 Å². The van der Waals surface area contributed by atoms with Crippen molar-refractivity contribution in [3.63, 3.8) is 0 Å². The van der Waals surface area contributed by atoms with Crippen LogP contribution in [0.2, 0.25) is 0 Å². The smallest absolute Gasteiger partial charge is 0.269 e.